The van der Waals surface area contributed by atoms with E-state index in [2.05, 4.69) is 10.2 Å². The molecule has 1 fully saturated rings. The molecule has 6 nitrogen and oxygen atoms in total. The standard InChI is InChI=1S/C19H23N3O3/c1-14(2)24-16-7-5-15(6-8-16)19(23)22-12-9-17(10-13-22)25-18-4-3-11-20-21-18/h3-8,11,14,17H,9-10,12-13H2,1-2H3. The van der Waals surface area contributed by atoms with E-state index in [0.29, 0.717) is 24.5 Å². The lowest BCUT2D eigenvalue weighted by Gasteiger charge is -2.31. The highest BCUT2D eigenvalue weighted by molar-refractivity contribution is 5.94. The third-order valence-corrected chi connectivity index (χ3v) is 4.04. The Bertz CT molecular complexity index is 681. The van der Waals surface area contributed by atoms with Crippen molar-refractivity contribution in [2.75, 3.05) is 13.1 Å². The second-order valence-corrected chi connectivity index (χ2v) is 6.36. The largest absolute Gasteiger partial charge is 0.491 e. The number of carbonyl (C=O) groups is 1. The van der Waals surface area contributed by atoms with Crippen molar-refractivity contribution in [2.24, 2.45) is 0 Å². The summed E-state index contributed by atoms with van der Waals surface area (Å²) in [5.74, 6) is 1.37. The van der Waals surface area contributed by atoms with Crippen molar-refractivity contribution in [3.8, 4) is 11.6 Å². The highest BCUT2D eigenvalue weighted by atomic mass is 16.5. The molecule has 0 unspecified atom stereocenters. The molecule has 3 rings (SSSR count). The number of hydrogen-bond acceptors (Lipinski definition) is 5. The Morgan fingerprint density at radius 1 is 1.16 bits per heavy atom. The third kappa shape index (κ3) is 4.68. The minimum absolute atomic E-state index is 0.0500. The van der Waals surface area contributed by atoms with Crippen LogP contribution in [0.5, 0.6) is 11.6 Å². The number of nitrogens with zero attached hydrogens (tertiary/aromatic N) is 3. The van der Waals surface area contributed by atoms with Gasteiger partial charge in [-0.1, -0.05) is 0 Å². The second kappa shape index (κ2) is 7.96. The quantitative estimate of drug-likeness (QED) is 0.836. The monoisotopic (exact) mass is 341 g/mol. The zero-order valence-corrected chi connectivity index (χ0v) is 14.6. The number of likely N-dealkylation sites (tertiary alicyclic amines) is 1. The smallest absolute Gasteiger partial charge is 0.253 e. The van der Waals surface area contributed by atoms with Gasteiger partial charge in [0.2, 0.25) is 5.88 Å². The van der Waals surface area contributed by atoms with Crippen LogP contribution in [0.3, 0.4) is 0 Å². The molecule has 1 aliphatic rings. The molecule has 0 aliphatic carbocycles. The van der Waals surface area contributed by atoms with E-state index >= 15 is 0 Å². The fourth-order valence-corrected chi connectivity index (χ4v) is 2.83. The van der Waals surface area contributed by atoms with Gasteiger partial charge in [0, 0.05) is 43.8 Å². The van der Waals surface area contributed by atoms with E-state index in [1.54, 1.807) is 18.3 Å². The topological polar surface area (TPSA) is 64.5 Å². The van der Waals surface area contributed by atoms with Crippen LogP contribution >= 0.6 is 0 Å². The molecule has 1 aliphatic heterocycles. The number of amides is 1. The number of benzene rings is 1. The van der Waals surface area contributed by atoms with E-state index in [1.165, 1.54) is 0 Å². The average molecular weight is 341 g/mol. The number of ether oxygens (including phenoxy) is 2. The van der Waals surface area contributed by atoms with Crippen LogP contribution in [-0.2, 0) is 0 Å². The molecule has 1 aromatic carbocycles. The van der Waals surface area contributed by atoms with Crippen molar-refractivity contribution in [3.63, 3.8) is 0 Å². The van der Waals surface area contributed by atoms with Gasteiger partial charge in [-0.05, 0) is 44.2 Å². The first kappa shape index (κ1) is 17.2. The van der Waals surface area contributed by atoms with Crippen LogP contribution in [-0.4, -0.2) is 46.3 Å². The fraction of sp³-hybridized carbons (Fsp3) is 0.421. The normalized spacial score (nSPS) is 15.2. The fourth-order valence-electron chi connectivity index (χ4n) is 2.83. The van der Waals surface area contributed by atoms with Crippen molar-refractivity contribution in [3.05, 3.63) is 48.2 Å². The summed E-state index contributed by atoms with van der Waals surface area (Å²) < 4.78 is 11.4. The van der Waals surface area contributed by atoms with E-state index in [9.17, 15) is 4.79 Å². The summed E-state index contributed by atoms with van der Waals surface area (Å²) >= 11 is 0. The first-order chi connectivity index (χ1) is 12.1. The van der Waals surface area contributed by atoms with Gasteiger partial charge < -0.3 is 14.4 Å². The zero-order chi connectivity index (χ0) is 17.6. The van der Waals surface area contributed by atoms with E-state index in [-0.39, 0.29) is 18.1 Å². The van der Waals surface area contributed by atoms with Crippen molar-refractivity contribution >= 4 is 5.91 Å². The minimum Gasteiger partial charge on any atom is -0.491 e. The van der Waals surface area contributed by atoms with Crippen LogP contribution < -0.4 is 9.47 Å². The van der Waals surface area contributed by atoms with Crippen molar-refractivity contribution in [2.45, 2.75) is 38.9 Å². The van der Waals surface area contributed by atoms with E-state index < -0.39 is 0 Å². The van der Waals surface area contributed by atoms with Crippen LogP contribution in [0.4, 0.5) is 0 Å². The van der Waals surface area contributed by atoms with Gasteiger partial charge in [-0.3, -0.25) is 4.79 Å². The zero-order valence-electron chi connectivity index (χ0n) is 14.6. The Hall–Kier alpha value is -2.63. The molecule has 2 aromatic rings. The molecular formula is C19H23N3O3. The third-order valence-electron chi connectivity index (χ3n) is 4.04. The lowest BCUT2D eigenvalue weighted by molar-refractivity contribution is 0.0586. The van der Waals surface area contributed by atoms with Gasteiger partial charge in [-0.15, -0.1) is 5.10 Å². The number of carbonyl (C=O) groups excluding carboxylic acids is 1. The summed E-state index contributed by atoms with van der Waals surface area (Å²) in [5, 5.41) is 7.75. The number of aromatic nitrogens is 2. The van der Waals surface area contributed by atoms with Crippen LogP contribution in [0.15, 0.2) is 42.6 Å². The second-order valence-electron chi connectivity index (χ2n) is 6.36. The number of rotatable bonds is 5. The van der Waals surface area contributed by atoms with Crippen LogP contribution in [0, 0.1) is 0 Å². The predicted octanol–water partition coefficient (Wildman–Crippen LogP) is 2.95. The highest BCUT2D eigenvalue weighted by Crippen LogP contribution is 2.20. The van der Waals surface area contributed by atoms with E-state index in [0.717, 1.165) is 18.6 Å². The lowest BCUT2D eigenvalue weighted by atomic mass is 10.1. The summed E-state index contributed by atoms with van der Waals surface area (Å²) in [5.41, 5.74) is 0.685. The summed E-state index contributed by atoms with van der Waals surface area (Å²) in [6.45, 7) is 5.31. The predicted molar refractivity (Wildman–Crippen MR) is 93.8 cm³/mol. The van der Waals surface area contributed by atoms with Gasteiger partial charge in [0.15, 0.2) is 0 Å². The number of piperidine rings is 1. The van der Waals surface area contributed by atoms with Gasteiger partial charge in [-0.25, -0.2) is 0 Å². The van der Waals surface area contributed by atoms with Gasteiger partial charge in [-0.2, -0.15) is 5.10 Å². The van der Waals surface area contributed by atoms with Crippen molar-refractivity contribution in [1.82, 2.24) is 15.1 Å². The Labute approximate surface area is 147 Å². The van der Waals surface area contributed by atoms with Crippen molar-refractivity contribution < 1.29 is 14.3 Å². The first-order valence-electron chi connectivity index (χ1n) is 8.62. The molecule has 0 atom stereocenters. The Morgan fingerprint density at radius 3 is 2.48 bits per heavy atom. The average Bonchev–Trinajstić information content (AvgIpc) is 2.63. The highest BCUT2D eigenvalue weighted by Gasteiger charge is 2.25. The van der Waals surface area contributed by atoms with Gasteiger partial charge in [0.1, 0.15) is 11.9 Å². The maximum atomic E-state index is 12.6. The van der Waals surface area contributed by atoms with Gasteiger partial charge in [0.05, 0.1) is 6.10 Å². The molecule has 6 heteroatoms. The maximum absolute atomic E-state index is 12.6. The van der Waals surface area contributed by atoms with Crippen LogP contribution in [0.2, 0.25) is 0 Å². The molecule has 1 amide bonds. The minimum atomic E-state index is 0.0500. The number of hydrogen-bond donors (Lipinski definition) is 0. The molecule has 0 bridgehead atoms. The summed E-state index contributed by atoms with van der Waals surface area (Å²) in [6, 6.07) is 10.9. The molecule has 1 aromatic heterocycles. The van der Waals surface area contributed by atoms with Gasteiger partial charge >= 0.3 is 0 Å². The summed E-state index contributed by atoms with van der Waals surface area (Å²) in [6.07, 6.45) is 3.39. The first-order valence-corrected chi connectivity index (χ1v) is 8.62. The molecule has 0 spiro atoms. The SMILES string of the molecule is CC(C)Oc1ccc(C(=O)N2CCC(Oc3cccnn3)CC2)cc1. The molecular weight excluding hydrogens is 318 g/mol. The Morgan fingerprint density at radius 2 is 1.88 bits per heavy atom. The lowest BCUT2D eigenvalue weighted by Crippen LogP contribution is -2.41. The van der Waals surface area contributed by atoms with Crippen molar-refractivity contribution in [1.29, 1.82) is 0 Å². The molecule has 0 N–H and O–H groups in total. The maximum Gasteiger partial charge on any atom is 0.253 e. The van der Waals surface area contributed by atoms with Gasteiger partial charge in [0.25, 0.3) is 5.91 Å². The van der Waals surface area contributed by atoms with Crippen LogP contribution in [0.1, 0.15) is 37.0 Å². The summed E-state index contributed by atoms with van der Waals surface area (Å²) in [4.78, 5) is 14.5. The molecule has 25 heavy (non-hydrogen) atoms. The van der Waals surface area contributed by atoms with Crippen LogP contribution in [0.25, 0.3) is 0 Å². The molecule has 0 saturated carbocycles. The molecule has 0 radical (unpaired) electrons. The van der Waals surface area contributed by atoms with E-state index in [4.69, 9.17) is 9.47 Å². The summed E-state index contributed by atoms with van der Waals surface area (Å²) in [7, 11) is 0. The Balaban J connectivity index is 1.52. The molecule has 1 saturated heterocycles. The van der Waals surface area contributed by atoms with E-state index in [1.807, 2.05) is 43.0 Å². The Kier molecular flexibility index (Phi) is 5.48. The molecule has 132 valence electrons. The molecule has 2 heterocycles.